The van der Waals surface area contributed by atoms with Gasteiger partial charge >= 0.3 is 0 Å². The number of allylic oxidation sites excluding steroid dienone is 1. The lowest BCUT2D eigenvalue weighted by molar-refractivity contribution is -0.148. The fourth-order valence-electron chi connectivity index (χ4n) is 5.91. The number of aromatic hydroxyl groups is 1. The van der Waals surface area contributed by atoms with Gasteiger partial charge in [-0.05, 0) is 63.1 Å². The number of phenolic OH excluding ortho intramolecular Hbond substituents is 1. The van der Waals surface area contributed by atoms with Crippen LogP contribution in [0.25, 0.3) is 0 Å². The molecule has 1 aliphatic heterocycles. The molecule has 4 atom stereocenters. The molecule has 1 spiro atoms. The lowest BCUT2D eigenvalue weighted by atomic mass is 9.77. The Morgan fingerprint density at radius 2 is 1.88 bits per heavy atom. The Bertz CT molecular complexity index is 1280. The predicted octanol–water partition coefficient (Wildman–Crippen LogP) is 3.45. The smallest absolute Gasteiger partial charge is 0.254 e. The lowest BCUT2D eigenvalue weighted by Gasteiger charge is -2.43. The summed E-state index contributed by atoms with van der Waals surface area (Å²) >= 11 is 1.61. The average molecular weight is 564 g/mol. The summed E-state index contributed by atoms with van der Waals surface area (Å²) in [6, 6.07) is 12.3. The summed E-state index contributed by atoms with van der Waals surface area (Å²) in [4.78, 5) is 42.4. The number of hydrogen-bond acceptors (Lipinski definition) is 6. The first-order valence-electron chi connectivity index (χ1n) is 14.0. The van der Waals surface area contributed by atoms with E-state index in [0.29, 0.717) is 11.4 Å². The van der Waals surface area contributed by atoms with Crippen molar-refractivity contribution >= 4 is 29.5 Å². The van der Waals surface area contributed by atoms with Crippen molar-refractivity contribution in [2.24, 2.45) is 0 Å². The summed E-state index contributed by atoms with van der Waals surface area (Å²) in [6.45, 7) is 1.64. The van der Waals surface area contributed by atoms with Gasteiger partial charge in [-0.3, -0.25) is 14.4 Å². The van der Waals surface area contributed by atoms with Crippen molar-refractivity contribution in [1.29, 1.82) is 0 Å². The molecule has 212 valence electrons. The van der Waals surface area contributed by atoms with Gasteiger partial charge in [0.2, 0.25) is 5.91 Å². The molecular weight excluding hydrogens is 526 g/mol. The fourth-order valence-corrected chi connectivity index (χ4v) is 7.55. The first-order valence-corrected chi connectivity index (χ1v) is 15.0. The van der Waals surface area contributed by atoms with E-state index < -0.39 is 30.0 Å². The van der Waals surface area contributed by atoms with Crippen LogP contribution in [0.3, 0.4) is 0 Å². The highest BCUT2D eigenvalue weighted by atomic mass is 32.2. The van der Waals surface area contributed by atoms with Crippen LogP contribution in [0.5, 0.6) is 5.75 Å². The number of aliphatic hydroxyl groups is 1. The zero-order valence-corrected chi connectivity index (χ0v) is 23.5. The van der Waals surface area contributed by atoms with Crippen LogP contribution in [0.4, 0.5) is 0 Å². The minimum atomic E-state index is -1.57. The van der Waals surface area contributed by atoms with E-state index in [1.54, 1.807) is 30.8 Å². The number of nitrogens with one attached hydrogen (secondary N) is 2. The molecule has 2 aromatic rings. The molecule has 2 aromatic carbocycles. The van der Waals surface area contributed by atoms with Gasteiger partial charge in [-0.15, -0.1) is 11.8 Å². The summed E-state index contributed by atoms with van der Waals surface area (Å²) in [5.74, 6) is -0.937. The van der Waals surface area contributed by atoms with E-state index in [4.69, 9.17) is 0 Å². The number of rotatable bonds is 8. The fraction of sp³-hybridized carbons (Fsp3) is 0.452. The maximum Gasteiger partial charge on any atom is 0.254 e. The quantitative estimate of drug-likeness (QED) is 0.366. The molecule has 1 heterocycles. The van der Waals surface area contributed by atoms with Gasteiger partial charge in [0, 0.05) is 21.9 Å². The van der Waals surface area contributed by atoms with Crippen LogP contribution >= 0.6 is 11.8 Å². The highest BCUT2D eigenvalue weighted by Gasteiger charge is 2.57. The monoisotopic (exact) mass is 563 g/mol. The minimum Gasteiger partial charge on any atom is -0.508 e. The molecule has 8 nitrogen and oxygen atoms in total. The second-order valence-corrected chi connectivity index (χ2v) is 12.4. The van der Waals surface area contributed by atoms with Gasteiger partial charge in [0.05, 0.1) is 11.9 Å². The molecule has 5 rings (SSSR count). The molecule has 2 aliphatic carbocycles. The summed E-state index contributed by atoms with van der Waals surface area (Å²) in [5.41, 5.74) is 1.52. The maximum absolute atomic E-state index is 13.9. The number of benzene rings is 2. The zero-order valence-electron chi connectivity index (χ0n) is 22.7. The van der Waals surface area contributed by atoms with E-state index >= 15 is 0 Å². The van der Waals surface area contributed by atoms with Crippen molar-refractivity contribution in [2.45, 2.75) is 80.8 Å². The highest BCUT2D eigenvalue weighted by molar-refractivity contribution is 8.01. The first-order chi connectivity index (χ1) is 19.3. The maximum atomic E-state index is 13.9. The van der Waals surface area contributed by atoms with Crippen LogP contribution in [-0.2, 0) is 16.0 Å². The molecule has 1 saturated carbocycles. The molecular formula is C31H37N3O5S. The second-order valence-electron chi connectivity index (χ2n) is 11.0. The van der Waals surface area contributed by atoms with Crippen molar-refractivity contribution in [3.63, 3.8) is 0 Å². The standard InChI is InChI=1S/C31H37N3O5S/c1-20-23(14-8-15-25(20)35)28(37)33-24(18-21-10-4-2-5-11-21)26(36)30(39)34-19-40-31(16-9-17-31)27(34)29(38)32-22-12-6-3-7-13-22/h2,4-6,8,10-12,14-15,22,24,26-27,35-36H,3,7,9,13,16-19H2,1H3,(H,32,38)(H,33,37)/t22-,24?,26+,27-/m1/s1. The number of carbonyl (C=O) groups is 3. The van der Waals surface area contributed by atoms with Gasteiger partial charge in [0.1, 0.15) is 11.8 Å². The van der Waals surface area contributed by atoms with E-state index in [1.807, 2.05) is 36.4 Å². The highest BCUT2D eigenvalue weighted by Crippen LogP contribution is 2.53. The van der Waals surface area contributed by atoms with Crippen LogP contribution in [0.2, 0.25) is 0 Å². The van der Waals surface area contributed by atoms with Gasteiger partial charge < -0.3 is 25.7 Å². The van der Waals surface area contributed by atoms with Gasteiger partial charge in [-0.2, -0.15) is 0 Å². The Kier molecular flexibility index (Phi) is 8.51. The number of amides is 3. The molecule has 9 heteroatoms. The van der Waals surface area contributed by atoms with Crippen LogP contribution in [0.15, 0.2) is 60.7 Å². The molecule has 0 radical (unpaired) electrons. The molecule has 1 saturated heterocycles. The van der Waals surface area contributed by atoms with Crippen LogP contribution < -0.4 is 10.6 Å². The summed E-state index contributed by atoms with van der Waals surface area (Å²) in [7, 11) is 0. The second kappa shape index (κ2) is 12.1. The minimum absolute atomic E-state index is 0.00885. The van der Waals surface area contributed by atoms with Crippen LogP contribution in [0.1, 0.15) is 60.0 Å². The van der Waals surface area contributed by atoms with E-state index in [-0.39, 0.29) is 34.4 Å². The third-order valence-corrected chi connectivity index (χ3v) is 10.0. The third-order valence-electron chi connectivity index (χ3n) is 8.41. The normalized spacial score (nSPS) is 22.8. The number of hydrogen-bond donors (Lipinski definition) is 4. The molecule has 1 unspecified atom stereocenters. The molecule has 2 fully saturated rings. The lowest BCUT2D eigenvalue weighted by Crippen LogP contribution is -2.62. The van der Waals surface area contributed by atoms with Crippen molar-refractivity contribution < 1.29 is 24.6 Å². The number of carbonyl (C=O) groups excluding carboxylic acids is 3. The Labute approximate surface area is 239 Å². The van der Waals surface area contributed by atoms with Gasteiger partial charge in [-0.25, -0.2) is 0 Å². The number of nitrogens with zero attached hydrogens (tertiary/aromatic N) is 1. The van der Waals surface area contributed by atoms with Crippen molar-refractivity contribution in [1.82, 2.24) is 15.5 Å². The zero-order chi connectivity index (χ0) is 28.3. The Morgan fingerprint density at radius 1 is 1.10 bits per heavy atom. The Balaban J connectivity index is 1.38. The first kappa shape index (κ1) is 28.2. The van der Waals surface area contributed by atoms with E-state index in [1.165, 1.54) is 11.0 Å². The SMILES string of the molecule is Cc1c(O)cccc1C(=O)NC(Cc1ccccc1)[C@H](O)C(=O)N1CSC2(CCC2)[C@H]1C(=O)N[C@@H]1C=CCCC1. The molecule has 0 aromatic heterocycles. The van der Waals surface area contributed by atoms with Crippen molar-refractivity contribution in [3.05, 3.63) is 77.4 Å². The Hall–Kier alpha value is -3.30. The molecule has 40 heavy (non-hydrogen) atoms. The van der Waals surface area contributed by atoms with Crippen molar-refractivity contribution in [2.75, 3.05) is 5.88 Å². The van der Waals surface area contributed by atoms with Gasteiger partial charge in [-0.1, -0.05) is 55.0 Å². The van der Waals surface area contributed by atoms with Crippen LogP contribution in [0, 0.1) is 6.92 Å². The summed E-state index contributed by atoms with van der Waals surface area (Å²) in [5, 5.41) is 27.6. The van der Waals surface area contributed by atoms with E-state index in [9.17, 15) is 24.6 Å². The third kappa shape index (κ3) is 5.76. The molecule has 4 N–H and O–H groups in total. The average Bonchev–Trinajstić information content (AvgIpc) is 3.36. The van der Waals surface area contributed by atoms with E-state index in [0.717, 1.165) is 44.1 Å². The largest absolute Gasteiger partial charge is 0.508 e. The van der Waals surface area contributed by atoms with Gasteiger partial charge in [0.15, 0.2) is 6.10 Å². The van der Waals surface area contributed by atoms with Crippen LogP contribution in [-0.4, -0.2) is 67.7 Å². The topological polar surface area (TPSA) is 119 Å². The Morgan fingerprint density at radius 3 is 2.55 bits per heavy atom. The van der Waals surface area contributed by atoms with Crippen molar-refractivity contribution in [3.8, 4) is 5.75 Å². The number of phenols is 1. The molecule has 0 bridgehead atoms. The summed E-state index contributed by atoms with van der Waals surface area (Å²) in [6.07, 6.45) is 8.31. The molecule has 3 aliphatic rings. The number of aliphatic hydroxyl groups excluding tert-OH is 1. The number of thioether (sulfide) groups is 1. The molecule has 3 amide bonds. The summed E-state index contributed by atoms with van der Waals surface area (Å²) < 4.78 is -0.339. The predicted molar refractivity (Wildman–Crippen MR) is 155 cm³/mol. The van der Waals surface area contributed by atoms with E-state index in [2.05, 4.69) is 16.7 Å². The van der Waals surface area contributed by atoms with Gasteiger partial charge in [0.25, 0.3) is 11.8 Å².